The molecule has 0 saturated carbocycles. The molecule has 2 fully saturated rings. The van der Waals surface area contributed by atoms with Crippen LogP contribution in [0.2, 0.25) is 0 Å². The van der Waals surface area contributed by atoms with Crippen molar-refractivity contribution in [3.05, 3.63) is 24.3 Å². The van der Waals surface area contributed by atoms with Crippen LogP contribution in [0.25, 0.3) is 0 Å². The molecule has 0 radical (unpaired) electrons. The first-order valence-electron chi connectivity index (χ1n) is 9.68. The van der Waals surface area contributed by atoms with E-state index in [0.29, 0.717) is 39.1 Å². The van der Waals surface area contributed by atoms with Crippen molar-refractivity contribution in [2.24, 2.45) is 5.92 Å². The number of urea groups is 1. The van der Waals surface area contributed by atoms with Gasteiger partial charge in [0.15, 0.2) is 0 Å². The maximum Gasteiger partial charge on any atom is 0.317 e. The molecular formula is C20H27N3O5. The van der Waals surface area contributed by atoms with Crippen LogP contribution in [0.4, 0.5) is 10.5 Å². The van der Waals surface area contributed by atoms with Crippen molar-refractivity contribution in [3.63, 3.8) is 0 Å². The van der Waals surface area contributed by atoms with Crippen LogP contribution in [0.5, 0.6) is 5.75 Å². The summed E-state index contributed by atoms with van der Waals surface area (Å²) in [6.07, 6.45) is 1.48. The molecule has 1 N–H and O–H groups in total. The quantitative estimate of drug-likeness (QED) is 0.776. The lowest BCUT2D eigenvalue weighted by Crippen LogP contribution is -2.49. The Morgan fingerprint density at radius 2 is 1.86 bits per heavy atom. The number of carbonyl (C=O) groups is 3. The van der Waals surface area contributed by atoms with Gasteiger partial charge in [-0.1, -0.05) is 0 Å². The van der Waals surface area contributed by atoms with Crippen molar-refractivity contribution in [2.75, 3.05) is 38.3 Å². The molecule has 0 aromatic heterocycles. The minimum atomic E-state index is -0.232. The zero-order valence-corrected chi connectivity index (χ0v) is 16.3. The first-order valence-corrected chi connectivity index (χ1v) is 9.68. The van der Waals surface area contributed by atoms with Gasteiger partial charge in [0.1, 0.15) is 5.75 Å². The molecule has 2 saturated heterocycles. The number of carbonyl (C=O) groups excluding carboxylic acids is 3. The summed E-state index contributed by atoms with van der Waals surface area (Å²) < 4.78 is 10.2. The molecule has 1 aromatic rings. The number of ether oxygens (including phenoxy) is 2. The highest BCUT2D eigenvalue weighted by Gasteiger charge is 2.34. The van der Waals surface area contributed by atoms with Crippen LogP contribution < -0.4 is 15.0 Å². The van der Waals surface area contributed by atoms with E-state index in [1.165, 1.54) is 0 Å². The number of rotatable bonds is 5. The van der Waals surface area contributed by atoms with Crippen LogP contribution in [0.3, 0.4) is 0 Å². The van der Waals surface area contributed by atoms with Gasteiger partial charge in [-0.3, -0.25) is 9.59 Å². The fourth-order valence-corrected chi connectivity index (χ4v) is 3.66. The van der Waals surface area contributed by atoms with Gasteiger partial charge in [0.2, 0.25) is 5.91 Å². The first kappa shape index (κ1) is 20.0. The highest BCUT2D eigenvalue weighted by Crippen LogP contribution is 2.24. The average molecular weight is 389 g/mol. The largest absolute Gasteiger partial charge is 0.497 e. The summed E-state index contributed by atoms with van der Waals surface area (Å²) in [4.78, 5) is 40.1. The fraction of sp³-hybridized carbons (Fsp3) is 0.550. The maximum atomic E-state index is 12.5. The number of hydrogen-bond acceptors (Lipinski definition) is 5. The molecule has 0 bridgehead atoms. The Kier molecular flexibility index (Phi) is 6.38. The van der Waals surface area contributed by atoms with Crippen LogP contribution >= 0.6 is 0 Å². The van der Waals surface area contributed by atoms with Gasteiger partial charge in [-0.25, -0.2) is 4.79 Å². The predicted octanol–water partition coefficient (Wildman–Crippen LogP) is 1.79. The van der Waals surface area contributed by atoms with Gasteiger partial charge < -0.3 is 24.6 Å². The minimum absolute atomic E-state index is 0.0171. The van der Waals surface area contributed by atoms with Crippen LogP contribution in [0.1, 0.15) is 26.2 Å². The van der Waals surface area contributed by atoms with Crippen LogP contribution in [-0.2, 0) is 14.3 Å². The number of anilines is 1. The second-order valence-electron chi connectivity index (χ2n) is 7.07. The SMILES string of the molecule is CCOC(=O)C1CCN(C(=O)N[C@@H]2CC(=O)N(c3ccc(OC)cc3)C2)CC1. The van der Waals surface area contributed by atoms with Crippen molar-refractivity contribution < 1.29 is 23.9 Å². The Hall–Kier alpha value is -2.77. The topological polar surface area (TPSA) is 88.2 Å². The third-order valence-corrected chi connectivity index (χ3v) is 5.24. The second kappa shape index (κ2) is 8.95. The number of hydrogen-bond donors (Lipinski definition) is 1. The minimum Gasteiger partial charge on any atom is -0.497 e. The van der Waals surface area contributed by atoms with Crippen LogP contribution in [0, 0.1) is 5.92 Å². The highest BCUT2D eigenvalue weighted by atomic mass is 16.5. The zero-order valence-electron chi connectivity index (χ0n) is 16.3. The number of nitrogens with zero attached hydrogens (tertiary/aromatic N) is 2. The monoisotopic (exact) mass is 389 g/mol. The lowest BCUT2D eigenvalue weighted by atomic mass is 9.97. The molecule has 152 valence electrons. The number of likely N-dealkylation sites (tertiary alicyclic amines) is 1. The normalized spacial score (nSPS) is 20.2. The number of amides is 3. The number of nitrogens with one attached hydrogen (secondary N) is 1. The molecule has 2 heterocycles. The Morgan fingerprint density at radius 3 is 2.46 bits per heavy atom. The van der Waals surface area contributed by atoms with E-state index in [1.54, 1.807) is 23.8 Å². The lowest BCUT2D eigenvalue weighted by Gasteiger charge is -2.31. The van der Waals surface area contributed by atoms with Crippen molar-refractivity contribution in [3.8, 4) is 5.75 Å². The van der Waals surface area contributed by atoms with E-state index in [2.05, 4.69) is 5.32 Å². The van der Waals surface area contributed by atoms with Gasteiger partial charge in [0.25, 0.3) is 0 Å². The van der Waals surface area contributed by atoms with Gasteiger partial charge in [-0.15, -0.1) is 0 Å². The molecule has 2 aliphatic heterocycles. The average Bonchev–Trinajstić information content (AvgIpc) is 3.08. The summed E-state index contributed by atoms with van der Waals surface area (Å²) in [6, 6.07) is 6.87. The molecule has 8 nitrogen and oxygen atoms in total. The molecule has 0 spiro atoms. The Balaban J connectivity index is 1.50. The van der Waals surface area contributed by atoms with Gasteiger partial charge in [0.05, 0.1) is 25.7 Å². The Labute approximate surface area is 164 Å². The Morgan fingerprint density at radius 1 is 1.18 bits per heavy atom. The summed E-state index contributed by atoms with van der Waals surface area (Å²) in [7, 11) is 1.59. The van der Waals surface area contributed by atoms with E-state index in [0.717, 1.165) is 11.4 Å². The van der Waals surface area contributed by atoms with Crippen LogP contribution in [0.15, 0.2) is 24.3 Å². The summed E-state index contributed by atoms with van der Waals surface area (Å²) in [5, 5.41) is 2.95. The molecular weight excluding hydrogens is 362 g/mol. The summed E-state index contributed by atoms with van der Waals surface area (Å²) in [6.45, 7) is 3.63. The molecule has 0 unspecified atom stereocenters. The van der Waals surface area contributed by atoms with Crippen molar-refractivity contribution in [1.29, 1.82) is 0 Å². The molecule has 3 amide bonds. The van der Waals surface area contributed by atoms with Gasteiger partial charge in [0, 0.05) is 31.7 Å². The third-order valence-electron chi connectivity index (χ3n) is 5.24. The molecule has 1 aromatic carbocycles. The van der Waals surface area contributed by atoms with Crippen molar-refractivity contribution in [1.82, 2.24) is 10.2 Å². The number of piperidine rings is 1. The molecule has 3 rings (SSSR count). The first-order chi connectivity index (χ1) is 13.5. The smallest absolute Gasteiger partial charge is 0.317 e. The zero-order chi connectivity index (χ0) is 20.1. The maximum absolute atomic E-state index is 12.5. The van der Waals surface area contributed by atoms with Gasteiger partial charge in [-0.2, -0.15) is 0 Å². The molecule has 8 heteroatoms. The molecule has 28 heavy (non-hydrogen) atoms. The van der Waals surface area contributed by atoms with E-state index in [9.17, 15) is 14.4 Å². The summed E-state index contributed by atoms with van der Waals surface area (Å²) >= 11 is 0. The lowest BCUT2D eigenvalue weighted by molar-refractivity contribution is -0.149. The van der Waals surface area contributed by atoms with Crippen molar-refractivity contribution >= 4 is 23.6 Å². The number of benzene rings is 1. The van der Waals surface area contributed by atoms with Crippen molar-refractivity contribution in [2.45, 2.75) is 32.2 Å². The van der Waals surface area contributed by atoms with Gasteiger partial charge >= 0.3 is 12.0 Å². The molecule has 0 aliphatic carbocycles. The van der Waals surface area contributed by atoms with E-state index < -0.39 is 0 Å². The highest BCUT2D eigenvalue weighted by molar-refractivity contribution is 5.96. The second-order valence-corrected chi connectivity index (χ2v) is 7.07. The molecule has 2 aliphatic rings. The van der Waals surface area contributed by atoms with E-state index in [1.807, 2.05) is 24.3 Å². The standard InChI is InChI=1S/C20H27N3O5/c1-3-28-19(25)14-8-10-22(11-9-14)20(26)21-15-12-18(24)23(13-15)16-4-6-17(27-2)7-5-16/h4-7,14-15H,3,8-13H2,1-2H3,(H,21,26)/t15-/m1/s1. The number of methoxy groups -OCH3 is 1. The van der Waals surface area contributed by atoms with E-state index in [4.69, 9.17) is 9.47 Å². The fourth-order valence-electron chi connectivity index (χ4n) is 3.66. The summed E-state index contributed by atoms with van der Waals surface area (Å²) in [5.74, 6) is 0.393. The Bertz CT molecular complexity index is 713. The summed E-state index contributed by atoms with van der Waals surface area (Å²) in [5.41, 5.74) is 0.790. The van der Waals surface area contributed by atoms with Crippen LogP contribution in [-0.4, -0.2) is 62.2 Å². The van der Waals surface area contributed by atoms with E-state index in [-0.39, 0.29) is 36.3 Å². The predicted molar refractivity (Wildman–Crippen MR) is 103 cm³/mol. The number of esters is 1. The molecule has 1 atom stereocenters. The third kappa shape index (κ3) is 4.55. The van der Waals surface area contributed by atoms with Gasteiger partial charge in [-0.05, 0) is 44.0 Å². The van der Waals surface area contributed by atoms with E-state index >= 15 is 0 Å².